The average Bonchev–Trinajstić information content (AvgIpc) is 4.07. The molecule has 5 N–H and O–H groups in total. The minimum atomic E-state index is -1.45. The molecule has 4 rings (SSSR count). The second-order valence-corrected chi connectivity index (χ2v) is 21.2. The van der Waals surface area contributed by atoms with Crippen LogP contribution in [0.25, 0.3) is 0 Å². The van der Waals surface area contributed by atoms with Gasteiger partial charge in [0.1, 0.15) is 23.3 Å². The molecule has 2 aliphatic rings. The Labute approximate surface area is 413 Å². The van der Waals surface area contributed by atoms with Crippen molar-refractivity contribution < 1.29 is 52.5 Å². The molecule has 70 heavy (non-hydrogen) atoms. The number of aryl methyl sites for hydroxylation is 2. The fourth-order valence-corrected chi connectivity index (χ4v) is 7.89. The number of carbonyl (C=O) groups is 7. The summed E-state index contributed by atoms with van der Waals surface area (Å²) in [6, 6.07) is 15.5. The molecule has 2 aromatic carbocycles. The number of rotatable bonds is 19. The van der Waals surface area contributed by atoms with Crippen LogP contribution in [0, 0.1) is 5.92 Å². The van der Waals surface area contributed by atoms with Crippen molar-refractivity contribution in [3.8, 4) is 0 Å². The average molecular weight is 976 g/mol. The SMILES string of the molecule is CC(=O)OC(C(=O)NC1CC1)[C@H](CC1CCN(/C(=N/C(=O)OC(C)(C)C)NC(=O)OC(C)(C)C)CC1)NC(=O)[C@@H](NC(=O)[C@H](CCc1ccccc1)NC(=O)CCc1ccccc1)[C@@H](C)OC(C)(C)C. The van der Waals surface area contributed by atoms with Crippen molar-refractivity contribution in [3.05, 3.63) is 71.8 Å². The van der Waals surface area contributed by atoms with Crippen LogP contribution in [-0.2, 0) is 55.8 Å². The van der Waals surface area contributed by atoms with Crippen LogP contribution in [0.3, 0.4) is 0 Å². The molecule has 0 spiro atoms. The maximum atomic E-state index is 14.8. The summed E-state index contributed by atoms with van der Waals surface area (Å²) < 4.78 is 22.9. The van der Waals surface area contributed by atoms with Gasteiger partial charge in [-0.15, -0.1) is 4.99 Å². The fraction of sp³-hybridized carbons (Fsp3) is 0.615. The number of alkyl carbamates (subject to hydrolysis) is 1. The standard InChI is InChI=1S/C52H77N7O11/c1-33(68-50(3,4)5)42(56-44(62)39(26-22-35-18-14-12-15-19-35)54-41(61)27-23-36-20-16-13-17-21-36)45(63)55-40(43(67-34(2)60)46(64)53-38-24-25-38)32-37-28-30-59(31-29-37)47(57-48(65)69-51(6,7)8)58-49(66)70-52(9,10)11/h12-21,33,37-40,42-43H,22-32H2,1-11H3,(H,53,64)(H,54,61)(H,55,63)(H,56,62)(H,57,58,65,66)/t33-,39+,40+,42+,43?/m1/s1. The number of likely N-dealkylation sites (tertiary alicyclic amines) is 1. The van der Waals surface area contributed by atoms with Crippen molar-refractivity contribution in [3.63, 3.8) is 0 Å². The van der Waals surface area contributed by atoms with Gasteiger partial charge in [0, 0.05) is 32.5 Å². The molecule has 18 heteroatoms. The topological polar surface area (TPSA) is 232 Å². The maximum Gasteiger partial charge on any atom is 0.437 e. The maximum absolute atomic E-state index is 14.8. The van der Waals surface area contributed by atoms with Gasteiger partial charge in [-0.2, -0.15) is 0 Å². The number of benzene rings is 2. The summed E-state index contributed by atoms with van der Waals surface area (Å²) in [6.07, 6.45) is -0.300. The summed E-state index contributed by atoms with van der Waals surface area (Å²) in [4.78, 5) is 101. The molecule has 1 saturated carbocycles. The second kappa shape index (κ2) is 25.7. The monoisotopic (exact) mass is 976 g/mol. The first kappa shape index (κ1) is 56.5. The highest BCUT2D eigenvalue weighted by Gasteiger charge is 2.41. The highest BCUT2D eigenvalue weighted by Crippen LogP contribution is 2.26. The number of carbonyl (C=O) groups excluding carboxylic acids is 7. The molecule has 386 valence electrons. The van der Waals surface area contributed by atoms with Crippen molar-refractivity contribution in [2.24, 2.45) is 10.9 Å². The van der Waals surface area contributed by atoms with Gasteiger partial charge in [0.05, 0.1) is 17.7 Å². The largest absolute Gasteiger partial charge is 0.450 e. The van der Waals surface area contributed by atoms with E-state index in [-0.39, 0.29) is 56.2 Å². The van der Waals surface area contributed by atoms with Gasteiger partial charge in [-0.05, 0) is 138 Å². The van der Waals surface area contributed by atoms with E-state index in [1.807, 2.05) is 81.4 Å². The molecule has 1 aliphatic carbocycles. The molecule has 0 radical (unpaired) electrons. The number of hydrogen-bond donors (Lipinski definition) is 5. The number of amides is 6. The Hall–Kier alpha value is -6.04. The van der Waals surface area contributed by atoms with E-state index in [2.05, 4.69) is 31.6 Å². The lowest BCUT2D eigenvalue weighted by atomic mass is 9.87. The zero-order valence-electron chi connectivity index (χ0n) is 43.0. The Bertz CT molecular complexity index is 2100. The molecule has 1 heterocycles. The third kappa shape index (κ3) is 21.3. The molecule has 6 amide bonds. The van der Waals surface area contributed by atoms with Crippen LogP contribution in [0.4, 0.5) is 9.59 Å². The van der Waals surface area contributed by atoms with Crippen LogP contribution in [0.1, 0.15) is 132 Å². The van der Waals surface area contributed by atoms with E-state index in [4.69, 9.17) is 18.9 Å². The zero-order chi connectivity index (χ0) is 51.8. The molecule has 5 atom stereocenters. The Kier molecular flexibility index (Phi) is 20.8. The quantitative estimate of drug-likeness (QED) is 0.0470. The lowest BCUT2D eigenvalue weighted by Gasteiger charge is -2.37. The first-order valence-corrected chi connectivity index (χ1v) is 24.4. The number of nitrogens with one attached hydrogen (secondary N) is 5. The van der Waals surface area contributed by atoms with E-state index in [0.29, 0.717) is 25.7 Å². The van der Waals surface area contributed by atoms with Crippen molar-refractivity contribution in [2.45, 2.75) is 187 Å². The Morgan fingerprint density at radius 3 is 1.80 bits per heavy atom. The van der Waals surface area contributed by atoms with E-state index < -0.39 is 83.0 Å². The van der Waals surface area contributed by atoms with E-state index in [0.717, 1.165) is 24.0 Å². The van der Waals surface area contributed by atoms with E-state index >= 15 is 0 Å². The van der Waals surface area contributed by atoms with Crippen molar-refractivity contribution in [1.29, 1.82) is 0 Å². The third-order valence-corrected chi connectivity index (χ3v) is 11.2. The van der Waals surface area contributed by atoms with Crippen LogP contribution >= 0.6 is 0 Å². The van der Waals surface area contributed by atoms with Crippen LogP contribution in [-0.4, -0.2) is 119 Å². The lowest BCUT2D eigenvalue weighted by molar-refractivity contribution is -0.157. The number of ether oxygens (including phenoxy) is 4. The Morgan fingerprint density at radius 1 is 0.700 bits per heavy atom. The molecule has 18 nitrogen and oxygen atoms in total. The van der Waals surface area contributed by atoms with Crippen molar-refractivity contribution >= 4 is 47.7 Å². The fourth-order valence-electron chi connectivity index (χ4n) is 7.89. The van der Waals surface area contributed by atoms with Crippen LogP contribution < -0.4 is 26.6 Å². The minimum absolute atomic E-state index is 0.0609. The van der Waals surface area contributed by atoms with Crippen LogP contribution in [0.2, 0.25) is 0 Å². The summed E-state index contributed by atoms with van der Waals surface area (Å²) in [5, 5.41) is 14.3. The molecule has 1 unspecified atom stereocenters. The molecule has 0 aromatic heterocycles. The predicted molar refractivity (Wildman–Crippen MR) is 264 cm³/mol. The molecular formula is C52H77N7O11. The van der Waals surface area contributed by atoms with Gasteiger partial charge in [0.15, 0.2) is 6.10 Å². The Balaban J connectivity index is 1.62. The van der Waals surface area contributed by atoms with E-state index in [9.17, 15) is 33.6 Å². The molecule has 2 fully saturated rings. The number of piperidine rings is 1. The van der Waals surface area contributed by atoms with Gasteiger partial charge in [-0.1, -0.05) is 60.7 Å². The summed E-state index contributed by atoms with van der Waals surface area (Å²) in [5.41, 5.74) is -0.520. The zero-order valence-corrected chi connectivity index (χ0v) is 43.0. The van der Waals surface area contributed by atoms with E-state index in [1.54, 1.807) is 53.4 Å². The second-order valence-electron chi connectivity index (χ2n) is 21.2. The first-order chi connectivity index (χ1) is 32.7. The van der Waals surface area contributed by atoms with Gasteiger partial charge in [-0.3, -0.25) is 29.3 Å². The van der Waals surface area contributed by atoms with Crippen LogP contribution in [0.15, 0.2) is 65.7 Å². The van der Waals surface area contributed by atoms with Gasteiger partial charge in [0.25, 0.3) is 5.91 Å². The number of nitrogens with zero attached hydrogens (tertiary/aromatic N) is 2. The minimum Gasteiger partial charge on any atom is -0.450 e. The number of hydrogen-bond acceptors (Lipinski definition) is 11. The number of aliphatic imine (C=N–C) groups is 1. The van der Waals surface area contributed by atoms with Gasteiger partial charge < -0.3 is 45.1 Å². The van der Waals surface area contributed by atoms with Crippen molar-refractivity contribution in [1.82, 2.24) is 31.5 Å². The normalized spacial score (nSPS) is 16.8. The van der Waals surface area contributed by atoms with Gasteiger partial charge in [0.2, 0.25) is 23.7 Å². The molecular weight excluding hydrogens is 899 g/mol. The highest BCUT2D eigenvalue weighted by atomic mass is 16.6. The smallest absolute Gasteiger partial charge is 0.437 e. The summed E-state index contributed by atoms with van der Waals surface area (Å²) in [5.74, 6) is -3.21. The van der Waals surface area contributed by atoms with Gasteiger partial charge >= 0.3 is 18.2 Å². The predicted octanol–water partition coefficient (Wildman–Crippen LogP) is 6.04. The molecule has 1 saturated heterocycles. The highest BCUT2D eigenvalue weighted by molar-refractivity contribution is 5.99. The van der Waals surface area contributed by atoms with Gasteiger partial charge in [-0.25, -0.2) is 9.59 Å². The van der Waals surface area contributed by atoms with Crippen molar-refractivity contribution in [2.75, 3.05) is 13.1 Å². The molecule has 1 aliphatic heterocycles. The first-order valence-electron chi connectivity index (χ1n) is 24.4. The number of guanidine groups is 1. The van der Waals surface area contributed by atoms with E-state index in [1.165, 1.54) is 6.92 Å². The lowest BCUT2D eigenvalue weighted by Crippen LogP contribution is -2.62. The summed E-state index contributed by atoms with van der Waals surface area (Å²) in [7, 11) is 0. The molecule has 2 aromatic rings. The van der Waals surface area contributed by atoms with Crippen LogP contribution in [0.5, 0.6) is 0 Å². The summed E-state index contributed by atoms with van der Waals surface area (Å²) in [6.45, 7) is 19.1. The Morgan fingerprint density at radius 2 is 1.27 bits per heavy atom. The third-order valence-electron chi connectivity index (χ3n) is 11.2. The number of esters is 1. The summed E-state index contributed by atoms with van der Waals surface area (Å²) >= 11 is 0. The molecule has 0 bridgehead atoms.